The van der Waals surface area contributed by atoms with E-state index in [0.29, 0.717) is 0 Å². The highest BCUT2D eigenvalue weighted by Crippen LogP contribution is 2.37. The summed E-state index contributed by atoms with van der Waals surface area (Å²) in [5.74, 6) is 0.0676. The second-order valence-corrected chi connectivity index (χ2v) is 11.3. The van der Waals surface area contributed by atoms with Crippen molar-refractivity contribution in [3.05, 3.63) is 60.7 Å². The number of hydrogen-bond donors (Lipinski definition) is 0. The van der Waals surface area contributed by atoms with Crippen LogP contribution in [0.3, 0.4) is 0 Å². The molecule has 0 heterocycles. The zero-order valence-corrected chi connectivity index (χ0v) is 15.7. The van der Waals surface area contributed by atoms with Crippen molar-refractivity contribution in [1.29, 1.82) is 0 Å². The summed E-state index contributed by atoms with van der Waals surface area (Å²) < 4.78 is 6.63. The molecule has 2 nitrogen and oxygen atoms in total. The zero-order valence-electron chi connectivity index (χ0n) is 14.7. The minimum atomic E-state index is -2.60. The van der Waals surface area contributed by atoms with Crippen LogP contribution >= 0.6 is 0 Å². The van der Waals surface area contributed by atoms with Crippen molar-refractivity contribution in [2.75, 3.05) is 0 Å². The number of ketones is 1. The van der Waals surface area contributed by atoms with Gasteiger partial charge in [-0.05, 0) is 29.3 Å². The molecule has 2 aromatic carbocycles. The molecule has 0 N–H and O–H groups in total. The van der Waals surface area contributed by atoms with E-state index >= 15 is 0 Å². The van der Waals surface area contributed by atoms with Gasteiger partial charge < -0.3 is 4.43 Å². The zero-order chi connectivity index (χ0) is 17.1. The molecule has 0 amide bonds. The van der Waals surface area contributed by atoms with Crippen molar-refractivity contribution >= 4 is 24.5 Å². The van der Waals surface area contributed by atoms with Crippen LogP contribution in [0.5, 0.6) is 0 Å². The molecule has 3 heteroatoms. The second-order valence-electron chi connectivity index (χ2n) is 7.03. The fourth-order valence-electron chi connectivity index (χ4n) is 3.04. The number of rotatable bonds is 5. The van der Waals surface area contributed by atoms with Gasteiger partial charge in [0.25, 0.3) is 8.32 Å². The fraction of sp³-hybridized carbons (Fsp3) is 0.350. The molecule has 0 aliphatic heterocycles. The number of benzene rings is 2. The molecule has 0 aromatic heterocycles. The van der Waals surface area contributed by atoms with Crippen LogP contribution in [-0.4, -0.2) is 20.2 Å². The maximum Gasteiger partial charge on any atom is 0.262 e. The third kappa shape index (κ3) is 3.46. The van der Waals surface area contributed by atoms with Gasteiger partial charge in [0.05, 0.1) is 0 Å². The van der Waals surface area contributed by atoms with E-state index in [1.807, 2.05) is 43.3 Å². The molecule has 0 saturated heterocycles. The lowest BCUT2D eigenvalue weighted by molar-refractivity contribution is -0.123. The summed E-state index contributed by atoms with van der Waals surface area (Å²) in [5.41, 5.74) is 0. The third-order valence-corrected chi connectivity index (χ3v) is 9.46. The summed E-state index contributed by atoms with van der Waals surface area (Å²) in [6.07, 6.45) is -0.415. The number of Topliss-reactive ketones (excluding diaryl/α,β-unsaturated/α-hetero) is 1. The molecule has 0 bridgehead atoms. The molecule has 0 aliphatic rings. The first-order chi connectivity index (χ1) is 10.8. The summed E-state index contributed by atoms with van der Waals surface area (Å²) in [6.45, 7) is 10.1. The Kier molecular flexibility index (Phi) is 5.22. The molecule has 0 fully saturated rings. The first kappa shape index (κ1) is 17.6. The van der Waals surface area contributed by atoms with Crippen molar-refractivity contribution in [1.82, 2.24) is 0 Å². The topological polar surface area (TPSA) is 26.3 Å². The van der Waals surface area contributed by atoms with Crippen LogP contribution in [0.4, 0.5) is 0 Å². The summed E-state index contributed by atoms with van der Waals surface area (Å²) >= 11 is 0. The highest BCUT2D eigenvalue weighted by atomic mass is 28.4. The lowest BCUT2D eigenvalue weighted by Crippen LogP contribution is -2.68. The standard InChI is InChI=1S/C20H26O2Si/c1-16(21)17(2)22-23(20(3,4)5,18-12-8-6-9-13-18)19-14-10-7-11-15-19/h6-15,17H,1-5H3/t17-/m0/s1. The van der Waals surface area contributed by atoms with Crippen LogP contribution in [0.2, 0.25) is 5.04 Å². The number of hydrogen-bond acceptors (Lipinski definition) is 2. The van der Waals surface area contributed by atoms with E-state index in [1.165, 1.54) is 10.4 Å². The van der Waals surface area contributed by atoms with E-state index in [-0.39, 0.29) is 10.8 Å². The van der Waals surface area contributed by atoms with E-state index in [9.17, 15) is 4.79 Å². The summed E-state index contributed by atoms with van der Waals surface area (Å²) in [4.78, 5) is 11.9. The monoisotopic (exact) mass is 326 g/mol. The fourth-order valence-corrected chi connectivity index (χ4v) is 7.75. The van der Waals surface area contributed by atoms with Crippen molar-refractivity contribution in [2.24, 2.45) is 0 Å². The van der Waals surface area contributed by atoms with Crippen LogP contribution < -0.4 is 10.4 Å². The van der Waals surface area contributed by atoms with Gasteiger partial charge in [0.2, 0.25) is 0 Å². The van der Waals surface area contributed by atoms with E-state index in [4.69, 9.17) is 4.43 Å². The van der Waals surface area contributed by atoms with Gasteiger partial charge in [0, 0.05) is 0 Å². The predicted octanol–water partition coefficient (Wildman–Crippen LogP) is 3.54. The predicted molar refractivity (Wildman–Crippen MR) is 98.8 cm³/mol. The van der Waals surface area contributed by atoms with Crippen molar-refractivity contribution in [3.63, 3.8) is 0 Å². The molecule has 0 aliphatic carbocycles. The Bertz CT molecular complexity index is 605. The van der Waals surface area contributed by atoms with Crippen LogP contribution in [-0.2, 0) is 9.22 Å². The largest absolute Gasteiger partial charge is 0.398 e. The first-order valence-corrected chi connectivity index (χ1v) is 9.99. The van der Waals surface area contributed by atoms with E-state index in [0.717, 1.165) is 0 Å². The summed E-state index contributed by atoms with van der Waals surface area (Å²) in [5, 5.41) is 2.30. The van der Waals surface area contributed by atoms with Crippen LogP contribution in [0.25, 0.3) is 0 Å². The van der Waals surface area contributed by atoms with Gasteiger partial charge in [-0.1, -0.05) is 81.4 Å². The van der Waals surface area contributed by atoms with Gasteiger partial charge in [-0.15, -0.1) is 0 Å². The van der Waals surface area contributed by atoms with Crippen molar-refractivity contribution in [2.45, 2.75) is 45.8 Å². The SMILES string of the molecule is CC(=O)[C@H](C)O[Si](c1ccccc1)(c1ccccc1)C(C)(C)C. The van der Waals surface area contributed by atoms with Gasteiger partial charge in [-0.25, -0.2) is 0 Å². The van der Waals surface area contributed by atoms with Crippen LogP contribution in [0.1, 0.15) is 34.6 Å². The molecule has 23 heavy (non-hydrogen) atoms. The van der Waals surface area contributed by atoms with Gasteiger partial charge >= 0.3 is 0 Å². The number of carbonyl (C=O) groups is 1. The molecule has 0 radical (unpaired) electrons. The molecule has 0 spiro atoms. The minimum Gasteiger partial charge on any atom is -0.398 e. The van der Waals surface area contributed by atoms with Crippen LogP contribution in [0, 0.1) is 0 Å². The number of carbonyl (C=O) groups excluding carboxylic acids is 1. The molecule has 0 saturated carbocycles. The molecular weight excluding hydrogens is 300 g/mol. The average molecular weight is 327 g/mol. The minimum absolute atomic E-state index is 0.0676. The Balaban J connectivity index is 2.72. The molecule has 0 unspecified atom stereocenters. The Morgan fingerprint density at radius 3 is 1.61 bits per heavy atom. The Morgan fingerprint density at radius 2 is 1.30 bits per heavy atom. The maximum absolute atomic E-state index is 11.9. The maximum atomic E-state index is 11.9. The smallest absolute Gasteiger partial charge is 0.262 e. The lowest BCUT2D eigenvalue weighted by Gasteiger charge is -2.44. The van der Waals surface area contributed by atoms with Gasteiger partial charge in [-0.2, -0.15) is 0 Å². The van der Waals surface area contributed by atoms with Crippen molar-refractivity contribution < 1.29 is 9.22 Å². The third-order valence-electron chi connectivity index (χ3n) is 4.34. The highest BCUT2D eigenvalue weighted by molar-refractivity contribution is 6.99. The summed E-state index contributed by atoms with van der Waals surface area (Å²) in [6, 6.07) is 20.8. The van der Waals surface area contributed by atoms with Gasteiger partial charge in [0.1, 0.15) is 6.10 Å². The van der Waals surface area contributed by atoms with E-state index in [1.54, 1.807) is 6.92 Å². The first-order valence-electron chi connectivity index (χ1n) is 8.08. The normalized spacial score (nSPS) is 13.6. The lowest BCUT2D eigenvalue weighted by atomic mass is 10.2. The second kappa shape index (κ2) is 6.81. The Hall–Kier alpha value is -1.71. The molecule has 122 valence electrons. The van der Waals surface area contributed by atoms with Crippen LogP contribution in [0.15, 0.2) is 60.7 Å². The molecular formula is C20H26O2Si. The summed E-state index contributed by atoms with van der Waals surface area (Å²) in [7, 11) is -2.60. The quantitative estimate of drug-likeness (QED) is 0.786. The Labute approximate surface area is 140 Å². The molecule has 2 rings (SSSR count). The van der Waals surface area contributed by atoms with E-state index in [2.05, 4.69) is 45.0 Å². The van der Waals surface area contributed by atoms with Gasteiger partial charge in [0.15, 0.2) is 5.78 Å². The van der Waals surface area contributed by atoms with E-state index < -0.39 is 14.4 Å². The van der Waals surface area contributed by atoms with Gasteiger partial charge in [-0.3, -0.25) is 4.79 Å². The highest BCUT2D eigenvalue weighted by Gasteiger charge is 2.51. The van der Waals surface area contributed by atoms with Crippen molar-refractivity contribution in [3.8, 4) is 0 Å². The average Bonchev–Trinajstić information content (AvgIpc) is 2.52. The molecule has 1 atom stereocenters. The molecule has 2 aromatic rings. The Morgan fingerprint density at radius 1 is 0.913 bits per heavy atom.